The van der Waals surface area contributed by atoms with Gasteiger partial charge in [-0.15, -0.1) is 0 Å². The Morgan fingerprint density at radius 1 is 1.36 bits per heavy atom. The first-order valence-electron chi connectivity index (χ1n) is 4.82. The van der Waals surface area contributed by atoms with Gasteiger partial charge in [-0.1, -0.05) is 12.1 Å². The lowest BCUT2D eigenvalue weighted by Gasteiger charge is -2.13. The van der Waals surface area contributed by atoms with Gasteiger partial charge in [0.25, 0.3) is 0 Å². The zero-order chi connectivity index (χ0) is 10.1. The molecular formula is C11H14FNO. The monoisotopic (exact) mass is 195 g/mol. The van der Waals surface area contributed by atoms with Crippen molar-refractivity contribution in [1.82, 2.24) is 5.06 Å². The minimum Gasteiger partial charge on any atom is -0.291 e. The Kier molecular flexibility index (Phi) is 2.52. The van der Waals surface area contributed by atoms with Crippen LogP contribution in [-0.4, -0.2) is 18.2 Å². The molecule has 0 unspecified atom stereocenters. The summed E-state index contributed by atoms with van der Waals surface area (Å²) in [5, 5.41) is 1.86. The maximum absolute atomic E-state index is 12.7. The maximum atomic E-state index is 12.7. The summed E-state index contributed by atoms with van der Waals surface area (Å²) in [5.41, 5.74) is 1.04. The fraction of sp³-hybridized carbons (Fsp3) is 0.455. The Bertz CT molecular complexity index is 302. The minimum absolute atomic E-state index is 0.0793. The highest BCUT2D eigenvalue weighted by atomic mass is 19.1. The molecule has 3 heteroatoms. The Hall–Kier alpha value is -0.930. The summed E-state index contributed by atoms with van der Waals surface area (Å²) in [6.07, 6.45) is 1.04. The van der Waals surface area contributed by atoms with E-state index < -0.39 is 0 Å². The molecule has 0 aromatic heterocycles. The second-order valence-corrected chi connectivity index (χ2v) is 3.78. The third-order valence-corrected chi connectivity index (χ3v) is 2.71. The summed E-state index contributed by atoms with van der Waals surface area (Å²) in [6.45, 7) is 2.11. The topological polar surface area (TPSA) is 12.5 Å². The van der Waals surface area contributed by atoms with E-state index in [0.29, 0.717) is 6.04 Å². The molecule has 14 heavy (non-hydrogen) atoms. The van der Waals surface area contributed by atoms with Gasteiger partial charge in [0, 0.05) is 13.1 Å². The van der Waals surface area contributed by atoms with Crippen LogP contribution in [0.25, 0.3) is 0 Å². The molecule has 0 aliphatic carbocycles. The first-order chi connectivity index (χ1) is 6.66. The number of nitrogens with zero attached hydrogens (tertiary/aromatic N) is 1. The van der Waals surface area contributed by atoms with E-state index in [2.05, 4.69) is 6.92 Å². The van der Waals surface area contributed by atoms with E-state index in [1.165, 1.54) is 12.1 Å². The van der Waals surface area contributed by atoms with Gasteiger partial charge in [0.1, 0.15) is 11.9 Å². The van der Waals surface area contributed by atoms with Gasteiger partial charge < -0.3 is 0 Å². The Balaban J connectivity index is 2.13. The Labute approximate surface area is 83.2 Å². The molecule has 1 aromatic carbocycles. The number of hydroxylamine groups is 2. The van der Waals surface area contributed by atoms with Crippen LogP contribution in [0.1, 0.15) is 25.0 Å². The summed E-state index contributed by atoms with van der Waals surface area (Å²) < 4.78 is 12.7. The van der Waals surface area contributed by atoms with Crippen molar-refractivity contribution in [2.45, 2.75) is 25.5 Å². The number of rotatable bonds is 1. The zero-order valence-electron chi connectivity index (χ0n) is 8.40. The zero-order valence-corrected chi connectivity index (χ0v) is 8.40. The van der Waals surface area contributed by atoms with Crippen LogP contribution in [0.4, 0.5) is 4.39 Å². The quantitative estimate of drug-likeness (QED) is 0.682. The van der Waals surface area contributed by atoms with E-state index in [9.17, 15) is 4.39 Å². The van der Waals surface area contributed by atoms with E-state index in [4.69, 9.17) is 4.84 Å². The standard InChI is InChI=1S/C11H14FNO/c1-8-7-11(14-13(8)2)9-3-5-10(12)6-4-9/h3-6,8,11H,7H2,1-2H3/t8-,11-/m1/s1. The van der Waals surface area contributed by atoms with Crippen LogP contribution in [0.15, 0.2) is 24.3 Å². The fourth-order valence-corrected chi connectivity index (χ4v) is 1.68. The largest absolute Gasteiger partial charge is 0.291 e. The molecule has 1 aliphatic rings. The minimum atomic E-state index is -0.201. The van der Waals surface area contributed by atoms with Crippen molar-refractivity contribution in [3.63, 3.8) is 0 Å². The number of hydrogen-bond donors (Lipinski definition) is 0. The molecule has 0 amide bonds. The van der Waals surface area contributed by atoms with Crippen LogP contribution >= 0.6 is 0 Å². The Morgan fingerprint density at radius 3 is 2.50 bits per heavy atom. The van der Waals surface area contributed by atoms with Crippen molar-refractivity contribution in [3.8, 4) is 0 Å². The lowest BCUT2D eigenvalue weighted by Crippen LogP contribution is -2.19. The summed E-state index contributed by atoms with van der Waals surface area (Å²) in [6, 6.07) is 6.94. The highest BCUT2D eigenvalue weighted by Gasteiger charge is 2.28. The van der Waals surface area contributed by atoms with Gasteiger partial charge in [-0.05, 0) is 31.0 Å². The molecule has 1 fully saturated rings. The van der Waals surface area contributed by atoms with Crippen LogP contribution in [0.2, 0.25) is 0 Å². The van der Waals surface area contributed by atoms with E-state index in [1.807, 2.05) is 12.1 Å². The average molecular weight is 195 g/mol. The molecule has 0 bridgehead atoms. The molecule has 1 saturated heterocycles. The van der Waals surface area contributed by atoms with Crippen molar-refractivity contribution in [3.05, 3.63) is 35.6 Å². The van der Waals surface area contributed by atoms with Crippen molar-refractivity contribution in [2.24, 2.45) is 0 Å². The van der Waals surface area contributed by atoms with Gasteiger partial charge in [0.15, 0.2) is 0 Å². The van der Waals surface area contributed by atoms with Gasteiger partial charge in [0.05, 0.1) is 0 Å². The normalized spacial score (nSPS) is 28.2. The van der Waals surface area contributed by atoms with Crippen molar-refractivity contribution < 1.29 is 9.23 Å². The lowest BCUT2D eigenvalue weighted by atomic mass is 10.0. The first-order valence-corrected chi connectivity index (χ1v) is 4.82. The van der Waals surface area contributed by atoms with E-state index in [0.717, 1.165) is 12.0 Å². The molecule has 0 spiro atoms. The molecule has 2 rings (SSSR count). The number of benzene rings is 1. The number of halogens is 1. The smallest absolute Gasteiger partial charge is 0.123 e. The van der Waals surface area contributed by atoms with Gasteiger partial charge in [-0.25, -0.2) is 4.39 Å². The molecule has 0 N–H and O–H groups in total. The average Bonchev–Trinajstić information content (AvgIpc) is 2.48. The molecular weight excluding hydrogens is 181 g/mol. The molecule has 1 heterocycles. The van der Waals surface area contributed by atoms with Gasteiger partial charge in [-0.3, -0.25) is 4.84 Å². The van der Waals surface area contributed by atoms with E-state index in [1.54, 1.807) is 12.1 Å². The third-order valence-electron chi connectivity index (χ3n) is 2.71. The second-order valence-electron chi connectivity index (χ2n) is 3.78. The summed E-state index contributed by atoms with van der Waals surface area (Å²) >= 11 is 0. The van der Waals surface area contributed by atoms with Gasteiger partial charge in [-0.2, -0.15) is 5.06 Å². The molecule has 76 valence electrons. The van der Waals surface area contributed by atoms with Crippen LogP contribution in [0.3, 0.4) is 0 Å². The molecule has 2 nitrogen and oxygen atoms in total. The molecule has 1 aromatic rings. The highest BCUT2D eigenvalue weighted by molar-refractivity contribution is 5.19. The van der Waals surface area contributed by atoms with Gasteiger partial charge in [0.2, 0.25) is 0 Å². The summed E-state index contributed by atoms with van der Waals surface area (Å²) in [5.74, 6) is -0.201. The second kappa shape index (κ2) is 3.67. The predicted octanol–water partition coefficient (Wildman–Crippen LogP) is 2.52. The molecule has 0 radical (unpaired) electrons. The van der Waals surface area contributed by atoms with Crippen molar-refractivity contribution in [2.75, 3.05) is 7.05 Å². The summed E-state index contributed by atoms with van der Waals surface area (Å²) in [7, 11) is 1.92. The van der Waals surface area contributed by atoms with E-state index in [-0.39, 0.29) is 11.9 Å². The Morgan fingerprint density at radius 2 is 2.00 bits per heavy atom. The predicted molar refractivity (Wildman–Crippen MR) is 52.1 cm³/mol. The van der Waals surface area contributed by atoms with Crippen molar-refractivity contribution >= 4 is 0 Å². The van der Waals surface area contributed by atoms with Crippen LogP contribution in [0.5, 0.6) is 0 Å². The summed E-state index contributed by atoms with van der Waals surface area (Å²) in [4.78, 5) is 5.61. The molecule has 1 aliphatic heterocycles. The highest BCUT2D eigenvalue weighted by Crippen LogP contribution is 2.31. The molecule has 2 atom stereocenters. The van der Waals surface area contributed by atoms with Crippen LogP contribution in [-0.2, 0) is 4.84 Å². The SMILES string of the molecule is C[C@@H]1C[C@H](c2ccc(F)cc2)ON1C. The van der Waals surface area contributed by atoms with Gasteiger partial charge >= 0.3 is 0 Å². The number of hydrogen-bond acceptors (Lipinski definition) is 2. The van der Waals surface area contributed by atoms with Crippen LogP contribution < -0.4 is 0 Å². The fourth-order valence-electron chi connectivity index (χ4n) is 1.68. The maximum Gasteiger partial charge on any atom is 0.123 e. The lowest BCUT2D eigenvalue weighted by molar-refractivity contribution is -0.142. The van der Waals surface area contributed by atoms with Crippen LogP contribution in [0, 0.1) is 5.82 Å². The third kappa shape index (κ3) is 1.79. The first kappa shape index (κ1) is 9.62. The van der Waals surface area contributed by atoms with Crippen molar-refractivity contribution in [1.29, 1.82) is 0 Å². The van der Waals surface area contributed by atoms with E-state index >= 15 is 0 Å². The molecule has 0 saturated carbocycles.